The Labute approximate surface area is 180 Å². The first kappa shape index (κ1) is 20.9. The van der Waals surface area contributed by atoms with Crippen LogP contribution in [0, 0.1) is 11.8 Å². The van der Waals surface area contributed by atoms with E-state index in [0.29, 0.717) is 41.1 Å². The number of piperidine rings is 1. The van der Waals surface area contributed by atoms with Crippen LogP contribution >= 0.6 is 11.6 Å². The van der Waals surface area contributed by atoms with Gasteiger partial charge in [0, 0.05) is 38.8 Å². The van der Waals surface area contributed by atoms with Crippen molar-refractivity contribution in [1.29, 1.82) is 0 Å². The van der Waals surface area contributed by atoms with Crippen molar-refractivity contribution in [3.05, 3.63) is 61.5 Å². The Balaban J connectivity index is 1.86. The maximum absolute atomic E-state index is 13.0. The lowest BCUT2D eigenvalue weighted by molar-refractivity contribution is 0.130. The van der Waals surface area contributed by atoms with Gasteiger partial charge in [-0.1, -0.05) is 37.6 Å². The maximum Gasteiger partial charge on any atom is 0.332 e. The van der Waals surface area contributed by atoms with Crippen molar-refractivity contribution in [2.24, 2.45) is 25.9 Å². The van der Waals surface area contributed by atoms with Crippen molar-refractivity contribution in [2.45, 2.75) is 33.4 Å². The van der Waals surface area contributed by atoms with Crippen LogP contribution in [-0.4, -0.2) is 36.7 Å². The van der Waals surface area contributed by atoms with Gasteiger partial charge in [-0.2, -0.15) is 0 Å². The number of fused-ring (bicyclic) bond motifs is 1. The van der Waals surface area contributed by atoms with Crippen LogP contribution < -0.4 is 11.2 Å². The number of rotatable bonds is 4. The molecular formula is C22H28ClN5O2. The Kier molecular flexibility index (Phi) is 5.59. The molecule has 1 aliphatic heterocycles. The number of benzene rings is 1. The summed E-state index contributed by atoms with van der Waals surface area (Å²) in [7, 11) is 3.17. The number of likely N-dealkylation sites (tertiary alicyclic amines) is 1. The van der Waals surface area contributed by atoms with Gasteiger partial charge in [0.1, 0.15) is 5.82 Å². The molecule has 3 heterocycles. The molecule has 2 aromatic heterocycles. The highest BCUT2D eigenvalue weighted by Gasteiger charge is 2.25. The highest BCUT2D eigenvalue weighted by atomic mass is 35.5. The van der Waals surface area contributed by atoms with Gasteiger partial charge >= 0.3 is 5.69 Å². The number of imidazole rings is 1. The van der Waals surface area contributed by atoms with E-state index in [1.54, 1.807) is 7.05 Å². The standard InChI is InChI=1S/C22H28ClN5O2/c1-14-8-15(2)11-27(10-14)13-18-24-20-19(21(29)26(4)22(30)25(20)3)28(18)12-16-6-5-7-17(23)9-16/h5-7,9,14-15H,8,10-13H2,1-4H3/t14-,15-/m1/s1. The SMILES string of the molecule is C[C@@H]1C[C@@H](C)CN(Cc2nc3c(c(=O)n(C)c(=O)n3C)n2Cc2cccc(Cl)c2)C1. The first-order valence-corrected chi connectivity index (χ1v) is 10.7. The first-order chi connectivity index (χ1) is 14.2. The number of nitrogens with zero attached hydrogens (tertiary/aromatic N) is 5. The van der Waals surface area contributed by atoms with E-state index < -0.39 is 0 Å². The topological polar surface area (TPSA) is 65.1 Å². The van der Waals surface area contributed by atoms with E-state index in [1.807, 2.05) is 28.8 Å². The van der Waals surface area contributed by atoms with Crippen molar-refractivity contribution >= 4 is 22.8 Å². The molecule has 0 bridgehead atoms. The summed E-state index contributed by atoms with van der Waals surface area (Å²) in [6, 6.07) is 7.61. The Morgan fingerprint density at radius 2 is 1.77 bits per heavy atom. The Bertz CT molecular complexity index is 1200. The van der Waals surface area contributed by atoms with Crippen molar-refractivity contribution < 1.29 is 0 Å². The van der Waals surface area contributed by atoms with Crippen LogP contribution in [0.4, 0.5) is 0 Å². The summed E-state index contributed by atoms with van der Waals surface area (Å²) in [6.45, 7) is 7.66. The molecule has 0 unspecified atom stereocenters. The number of aromatic nitrogens is 4. The van der Waals surface area contributed by atoms with E-state index in [-0.39, 0.29) is 11.2 Å². The van der Waals surface area contributed by atoms with E-state index in [1.165, 1.54) is 18.0 Å². The average Bonchev–Trinajstić information content (AvgIpc) is 3.02. The average molecular weight is 430 g/mol. The fourth-order valence-corrected chi connectivity index (χ4v) is 4.93. The molecular weight excluding hydrogens is 402 g/mol. The Hall–Kier alpha value is -2.38. The Morgan fingerprint density at radius 3 is 2.43 bits per heavy atom. The monoisotopic (exact) mass is 429 g/mol. The maximum atomic E-state index is 13.0. The molecule has 1 fully saturated rings. The van der Waals surface area contributed by atoms with Gasteiger partial charge in [0.2, 0.25) is 0 Å². The molecule has 4 rings (SSSR count). The van der Waals surface area contributed by atoms with Gasteiger partial charge in [-0.15, -0.1) is 0 Å². The minimum atomic E-state index is -0.369. The summed E-state index contributed by atoms with van der Waals surface area (Å²) in [5.41, 5.74) is 1.17. The van der Waals surface area contributed by atoms with Gasteiger partial charge in [0.25, 0.3) is 5.56 Å². The third kappa shape index (κ3) is 3.84. The normalized spacial score (nSPS) is 20.2. The van der Waals surface area contributed by atoms with Gasteiger partial charge in [0.05, 0.1) is 6.54 Å². The first-order valence-electron chi connectivity index (χ1n) is 10.4. The molecule has 0 aliphatic carbocycles. The molecule has 1 aliphatic rings. The summed E-state index contributed by atoms with van der Waals surface area (Å²) in [5, 5.41) is 0.650. The second-order valence-electron chi connectivity index (χ2n) is 8.76. The third-order valence-corrected chi connectivity index (χ3v) is 6.20. The largest absolute Gasteiger partial charge is 0.332 e. The van der Waals surface area contributed by atoms with Gasteiger partial charge in [-0.05, 0) is 36.0 Å². The summed E-state index contributed by atoms with van der Waals surface area (Å²) >= 11 is 6.19. The highest BCUT2D eigenvalue weighted by molar-refractivity contribution is 6.30. The van der Waals surface area contributed by atoms with Gasteiger partial charge in [-0.25, -0.2) is 9.78 Å². The van der Waals surface area contributed by atoms with Gasteiger partial charge < -0.3 is 4.57 Å². The quantitative estimate of drug-likeness (QED) is 0.639. The van der Waals surface area contributed by atoms with Crippen molar-refractivity contribution in [2.75, 3.05) is 13.1 Å². The van der Waals surface area contributed by atoms with E-state index in [9.17, 15) is 9.59 Å². The number of hydrogen-bond acceptors (Lipinski definition) is 4. The lowest BCUT2D eigenvalue weighted by atomic mass is 9.92. The van der Waals surface area contributed by atoms with Crippen LogP contribution in [0.5, 0.6) is 0 Å². The smallest absolute Gasteiger partial charge is 0.317 e. The minimum Gasteiger partial charge on any atom is -0.317 e. The molecule has 7 nitrogen and oxygen atoms in total. The summed E-state index contributed by atoms with van der Waals surface area (Å²) < 4.78 is 4.55. The molecule has 0 spiro atoms. The zero-order valence-corrected chi connectivity index (χ0v) is 18.7. The van der Waals surface area contributed by atoms with Crippen molar-refractivity contribution in [1.82, 2.24) is 23.6 Å². The van der Waals surface area contributed by atoms with Crippen LogP contribution in [-0.2, 0) is 27.2 Å². The molecule has 8 heteroatoms. The second-order valence-corrected chi connectivity index (χ2v) is 9.20. The van der Waals surface area contributed by atoms with Crippen LogP contribution in [0.25, 0.3) is 11.2 Å². The number of halogens is 1. The van der Waals surface area contributed by atoms with E-state index in [0.717, 1.165) is 29.0 Å². The van der Waals surface area contributed by atoms with E-state index >= 15 is 0 Å². The van der Waals surface area contributed by atoms with Crippen LogP contribution in [0.3, 0.4) is 0 Å². The molecule has 0 radical (unpaired) electrons. The van der Waals surface area contributed by atoms with Crippen molar-refractivity contribution in [3.63, 3.8) is 0 Å². The highest BCUT2D eigenvalue weighted by Crippen LogP contribution is 2.24. The zero-order valence-electron chi connectivity index (χ0n) is 17.9. The zero-order chi connectivity index (χ0) is 21.6. The summed E-state index contributed by atoms with van der Waals surface area (Å²) in [6.07, 6.45) is 1.23. The molecule has 30 heavy (non-hydrogen) atoms. The van der Waals surface area contributed by atoms with Crippen LogP contribution in [0.2, 0.25) is 5.02 Å². The molecule has 0 saturated carbocycles. The lowest BCUT2D eigenvalue weighted by Gasteiger charge is -2.34. The molecule has 2 atom stereocenters. The van der Waals surface area contributed by atoms with Crippen LogP contribution in [0.15, 0.2) is 33.9 Å². The predicted molar refractivity (Wildman–Crippen MR) is 119 cm³/mol. The Morgan fingerprint density at radius 1 is 1.07 bits per heavy atom. The van der Waals surface area contributed by atoms with Gasteiger partial charge in [0.15, 0.2) is 11.2 Å². The fraction of sp³-hybridized carbons (Fsp3) is 0.500. The molecule has 0 amide bonds. The molecule has 0 N–H and O–H groups in total. The van der Waals surface area contributed by atoms with E-state index in [2.05, 4.69) is 18.7 Å². The molecule has 1 saturated heterocycles. The fourth-order valence-electron chi connectivity index (χ4n) is 4.72. The second kappa shape index (κ2) is 8.04. The number of hydrogen-bond donors (Lipinski definition) is 0. The molecule has 3 aromatic rings. The molecule has 1 aromatic carbocycles. The van der Waals surface area contributed by atoms with E-state index in [4.69, 9.17) is 16.6 Å². The number of aryl methyl sites for hydroxylation is 1. The van der Waals surface area contributed by atoms with Crippen molar-refractivity contribution in [3.8, 4) is 0 Å². The summed E-state index contributed by atoms with van der Waals surface area (Å²) in [5.74, 6) is 2.04. The third-order valence-electron chi connectivity index (χ3n) is 5.97. The minimum absolute atomic E-state index is 0.325. The summed E-state index contributed by atoms with van der Waals surface area (Å²) in [4.78, 5) is 32.7. The predicted octanol–water partition coefficient (Wildman–Crippen LogP) is 2.61. The van der Waals surface area contributed by atoms with Crippen LogP contribution in [0.1, 0.15) is 31.7 Å². The van der Waals surface area contributed by atoms with Gasteiger partial charge in [-0.3, -0.25) is 18.8 Å². The molecule has 160 valence electrons. The lowest BCUT2D eigenvalue weighted by Crippen LogP contribution is -2.39.